The summed E-state index contributed by atoms with van der Waals surface area (Å²) in [5.74, 6) is -0.238. The summed E-state index contributed by atoms with van der Waals surface area (Å²) in [6.07, 6.45) is 1.62. The molecule has 0 bridgehead atoms. The molecule has 0 atom stereocenters. The average molecular weight is 312 g/mol. The number of rotatable bonds is 4. The van der Waals surface area contributed by atoms with Gasteiger partial charge in [-0.25, -0.2) is 0 Å². The lowest BCUT2D eigenvalue weighted by Gasteiger charge is -2.31. The fraction of sp³-hybridized carbons (Fsp3) is 0.538. The number of carbonyl (C=O) groups is 2. The summed E-state index contributed by atoms with van der Waals surface area (Å²) in [6, 6.07) is 3.18. The van der Waals surface area contributed by atoms with Crippen LogP contribution in [0.15, 0.2) is 12.1 Å². The van der Waals surface area contributed by atoms with Crippen LogP contribution in [0.25, 0.3) is 0 Å². The van der Waals surface area contributed by atoms with Gasteiger partial charge in [0.05, 0.1) is 6.54 Å². The van der Waals surface area contributed by atoms with E-state index in [1.54, 1.807) is 13.1 Å². The zero-order chi connectivity index (χ0) is 15.2. The minimum atomic E-state index is -0.246. The molecule has 1 fully saturated rings. The maximum atomic E-state index is 12.0. The van der Waals surface area contributed by atoms with Crippen LogP contribution in [0.1, 0.15) is 23.3 Å². The van der Waals surface area contributed by atoms with Gasteiger partial charge in [-0.1, -0.05) is 11.6 Å². The number of aromatic nitrogens is 2. The molecule has 1 aromatic rings. The summed E-state index contributed by atoms with van der Waals surface area (Å²) in [5, 5.41) is 13.2. The van der Waals surface area contributed by atoms with Gasteiger partial charge in [0.1, 0.15) is 0 Å². The monoisotopic (exact) mass is 311 g/mol. The van der Waals surface area contributed by atoms with Crippen LogP contribution in [0.3, 0.4) is 0 Å². The molecule has 0 aliphatic carbocycles. The van der Waals surface area contributed by atoms with Gasteiger partial charge in [-0.05, 0) is 25.0 Å². The predicted octanol–water partition coefficient (Wildman–Crippen LogP) is 0.0702. The molecule has 0 spiro atoms. The number of hydrogen-bond acceptors (Lipinski definition) is 5. The largest absolute Gasteiger partial charge is 0.358 e. The molecule has 1 aliphatic rings. The molecule has 7 nitrogen and oxygen atoms in total. The fourth-order valence-corrected chi connectivity index (χ4v) is 2.31. The van der Waals surface area contributed by atoms with Crippen LogP contribution in [0, 0.1) is 0 Å². The van der Waals surface area contributed by atoms with Gasteiger partial charge in [-0.2, -0.15) is 0 Å². The Morgan fingerprint density at radius 2 is 2.05 bits per heavy atom. The Labute approximate surface area is 128 Å². The molecule has 0 saturated carbocycles. The lowest BCUT2D eigenvalue weighted by molar-refractivity contribution is -0.122. The van der Waals surface area contributed by atoms with Crippen molar-refractivity contribution >= 4 is 23.4 Å². The molecule has 1 saturated heterocycles. The Bertz CT molecular complexity index is 500. The Balaban J connectivity index is 1.79. The molecule has 2 heterocycles. The lowest BCUT2D eigenvalue weighted by Crippen LogP contribution is -2.47. The molecular formula is C13H18ClN5O2. The van der Waals surface area contributed by atoms with Gasteiger partial charge < -0.3 is 10.6 Å². The molecule has 0 unspecified atom stereocenters. The van der Waals surface area contributed by atoms with E-state index in [0.717, 1.165) is 25.9 Å². The van der Waals surface area contributed by atoms with E-state index in [1.807, 2.05) is 0 Å². The number of piperidine rings is 1. The van der Waals surface area contributed by atoms with Crippen LogP contribution in [0.2, 0.25) is 5.15 Å². The first-order valence-electron chi connectivity index (χ1n) is 6.81. The minimum absolute atomic E-state index is 0.00826. The highest BCUT2D eigenvalue weighted by atomic mass is 35.5. The van der Waals surface area contributed by atoms with Crippen molar-refractivity contribution in [1.82, 2.24) is 25.7 Å². The Kier molecular flexibility index (Phi) is 5.46. The van der Waals surface area contributed by atoms with Crippen LogP contribution in [0.5, 0.6) is 0 Å². The first-order valence-corrected chi connectivity index (χ1v) is 7.19. The van der Waals surface area contributed by atoms with Crippen molar-refractivity contribution < 1.29 is 9.59 Å². The topological polar surface area (TPSA) is 87.2 Å². The molecule has 0 radical (unpaired) electrons. The summed E-state index contributed by atoms with van der Waals surface area (Å²) in [4.78, 5) is 25.4. The van der Waals surface area contributed by atoms with Crippen LogP contribution >= 0.6 is 11.6 Å². The zero-order valence-electron chi connectivity index (χ0n) is 11.8. The third-order valence-electron chi connectivity index (χ3n) is 3.43. The molecule has 8 heteroatoms. The third-order valence-corrected chi connectivity index (χ3v) is 3.64. The normalized spacial score (nSPS) is 16.5. The van der Waals surface area contributed by atoms with E-state index >= 15 is 0 Å². The van der Waals surface area contributed by atoms with E-state index in [-0.39, 0.29) is 28.7 Å². The van der Waals surface area contributed by atoms with E-state index in [0.29, 0.717) is 6.54 Å². The number of hydrogen-bond donors (Lipinski definition) is 2. The number of nitrogens with zero attached hydrogens (tertiary/aromatic N) is 3. The molecule has 114 valence electrons. The van der Waals surface area contributed by atoms with Gasteiger partial charge in [-0.15, -0.1) is 10.2 Å². The van der Waals surface area contributed by atoms with Crippen molar-refractivity contribution in [3.05, 3.63) is 23.0 Å². The van der Waals surface area contributed by atoms with Crippen molar-refractivity contribution in [3.8, 4) is 0 Å². The van der Waals surface area contributed by atoms with Gasteiger partial charge in [0.25, 0.3) is 5.91 Å². The number of amides is 2. The summed E-state index contributed by atoms with van der Waals surface area (Å²) < 4.78 is 0. The van der Waals surface area contributed by atoms with Gasteiger partial charge in [0, 0.05) is 26.2 Å². The molecule has 2 N–H and O–H groups in total. The molecular weight excluding hydrogens is 294 g/mol. The average Bonchev–Trinajstić information content (AvgIpc) is 2.49. The molecule has 0 aromatic carbocycles. The second kappa shape index (κ2) is 7.33. The first-order chi connectivity index (χ1) is 10.1. The highest BCUT2D eigenvalue weighted by Crippen LogP contribution is 2.11. The van der Waals surface area contributed by atoms with Gasteiger partial charge >= 0.3 is 0 Å². The Hall–Kier alpha value is -1.73. The molecule has 21 heavy (non-hydrogen) atoms. The summed E-state index contributed by atoms with van der Waals surface area (Å²) in [6.45, 7) is 1.97. The van der Waals surface area contributed by atoms with E-state index in [2.05, 4.69) is 25.7 Å². The van der Waals surface area contributed by atoms with Crippen LogP contribution < -0.4 is 10.6 Å². The summed E-state index contributed by atoms with van der Waals surface area (Å²) >= 11 is 5.63. The van der Waals surface area contributed by atoms with Gasteiger partial charge in [0.2, 0.25) is 5.91 Å². The molecule has 2 rings (SSSR count). The highest BCUT2D eigenvalue weighted by molar-refractivity contribution is 6.29. The molecule has 1 aromatic heterocycles. The van der Waals surface area contributed by atoms with Crippen molar-refractivity contribution in [1.29, 1.82) is 0 Å². The van der Waals surface area contributed by atoms with Crippen LogP contribution in [-0.2, 0) is 4.79 Å². The Morgan fingerprint density at radius 3 is 2.62 bits per heavy atom. The summed E-state index contributed by atoms with van der Waals surface area (Å²) in [5.41, 5.74) is 0.257. The van der Waals surface area contributed by atoms with Crippen LogP contribution in [-0.4, -0.2) is 59.6 Å². The summed E-state index contributed by atoms with van der Waals surface area (Å²) in [7, 11) is 1.63. The number of likely N-dealkylation sites (N-methyl/N-ethyl adjacent to an activating group) is 1. The third kappa shape index (κ3) is 4.64. The standard InChI is InChI=1S/C13H18ClN5O2/c1-15-12(20)8-19-6-4-9(5-7-19)16-13(21)10-2-3-11(14)18-17-10/h2-3,9H,4-8H2,1H3,(H,15,20)(H,16,21). The van der Waals surface area contributed by atoms with Crippen molar-refractivity contribution in [2.75, 3.05) is 26.7 Å². The number of halogens is 1. The van der Waals surface area contributed by atoms with Gasteiger partial charge in [-0.3, -0.25) is 14.5 Å². The maximum absolute atomic E-state index is 12.0. The SMILES string of the molecule is CNC(=O)CN1CCC(NC(=O)c2ccc(Cl)nn2)CC1. The van der Waals surface area contributed by atoms with E-state index in [9.17, 15) is 9.59 Å². The molecule has 2 amide bonds. The fourth-order valence-electron chi connectivity index (χ4n) is 2.21. The Morgan fingerprint density at radius 1 is 1.33 bits per heavy atom. The number of likely N-dealkylation sites (tertiary alicyclic amines) is 1. The second-order valence-electron chi connectivity index (χ2n) is 4.94. The molecule has 1 aliphatic heterocycles. The minimum Gasteiger partial charge on any atom is -0.358 e. The first kappa shape index (κ1) is 15.7. The van der Waals surface area contributed by atoms with E-state index in [1.165, 1.54) is 6.07 Å². The van der Waals surface area contributed by atoms with Crippen molar-refractivity contribution in [2.45, 2.75) is 18.9 Å². The highest BCUT2D eigenvalue weighted by Gasteiger charge is 2.22. The van der Waals surface area contributed by atoms with Crippen molar-refractivity contribution in [2.24, 2.45) is 0 Å². The van der Waals surface area contributed by atoms with Gasteiger partial charge in [0.15, 0.2) is 10.8 Å². The second-order valence-corrected chi connectivity index (χ2v) is 5.33. The lowest BCUT2D eigenvalue weighted by atomic mass is 10.0. The zero-order valence-corrected chi connectivity index (χ0v) is 12.6. The smallest absolute Gasteiger partial charge is 0.272 e. The van der Waals surface area contributed by atoms with Crippen molar-refractivity contribution in [3.63, 3.8) is 0 Å². The van der Waals surface area contributed by atoms with Crippen LogP contribution in [0.4, 0.5) is 0 Å². The maximum Gasteiger partial charge on any atom is 0.272 e. The van der Waals surface area contributed by atoms with E-state index in [4.69, 9.17) is 11.6 Å². The number of nitrogens with one attached hydrogen (secondary N) is 2. The predicted molar refractivity (Wildman–Crippen MR) is 78.0 cm³/mol. The van der Waals surface area contributed by atoms with E-state index < -0.39 is 0 Å². The quantitative estimate of drug-likeness (QED) is 0.821. The number of carbonyl (C=O) groups excluding carboxylic acids is 2.